The van der Waals surface area contributed by atoms with Crippen molar-refractivity contribution in [1.82, 2.24) is 5.32 Å². The zero-order valence-corrected chi connectivity index (χ0v) is 12.0. The molecule has 0 aliphatic rings. The van der Waals surface area contributed by atoms with Crippen LogP contribution in [0.2, 0.25) is 0 Å². The predicted molar refractivity (Wildman–Crippen MR) is 81.3 cm³/mol. The third-order valence-corrected chi connectivity index (χ3v) is 3.88. The van der Waals surface area contributed by atoms with Crippen molar-refractivity contribution in [3.8, 4) is 0 Å². The van der Waals surface area contributed by atoms with Gasteiger partial charge in [-0.15, -0.1) is 0 Å². The molecule has 2 nitrogen and oxygen atoms in total. The van der Waals surface area contributed by atoms with Crippen LogP contribution in [0.3, 0.4) is 0 Å². The first kappa shape index (κ1) is 14.0. The monoisotopic (exact) mass is 257 g/mol. The maximum atomic E-state index is 9.88. The largest absolute Gasteiger partial charge is 0.394 e. The molecule has 102 valence electrons. The molecule has 0 amide bonds. The first-order valence-electron chi connectivity index (χ1n) is 6.97. The highest BCUT2D eigenvalue weighted by molar-refractivity contribution is 5.86. The average Bonchev–Trinajstić information content (AvgIpc) is 2.46. The normalized spacial score (nSPS) is 16.2. The lowest BCUT2D eigenvalue weighted by molar-refractivity contribution is 0.163. The highest BCUT2D eigenvalue weighted by Crippen LogP contribution is 2.29. The van der Waals surface area contributed by atoms with Crippen molar-refractivity contribution in [3.05, 3.63) is 48.0 Å². The Kier molecular flexibility index (Phi) is 4.23. The minimum absolute atomic E-state index is 0.0886. The van der Waals surface area contributed by atoms with Gasteiger partial charge >= 0.3 is 0 Å². The number of rotatable bonds is 5. The summed E-state index contributed by atoms with van der Waals surface area (Å²) in [6, 6.07) is 15.0. The van der Waals surface area contributed by atoms with Gasteiger partial charge in [0, 0.05) is 6.04 Å². The third kappa shape index (κ3) is 2.80. The van der Waals surface area contributed by atoms with Gasteiger partial charge in [-0.1, -0.05) is 49.4 Å². The lowest BCUT2D eigenvalue weighted by Gasteiger charge is -2.33. The molecular weight excluding hydrogens is 234 g/mol. The molecule has 0 saturated heterocycles. The minimum atomic E-state index is -0.406. The van der Waals surface area contributed by atoms with Gasteiger partial charge < -0.3 is 10.4 Å². The number of fused-ring (bicyclic) bond motifs is 1. The highest BCUT2D eigenvalue weighted by Gasteiger charge is 2.28. The summed E-state index contributed by atoms with van der Waals surface area (Å²) in [4.78, 5) is 0. The van der Waals surface area contributed by atoms with E-state index < -0.39 is 5.54 Å². The Hall–Kier alpha value is -1.38. The number of hydrogen-bond acceptors (Lipinski definition) is 2. The summed E-state index contributed by atoms with van der Waals surface area (Å²) in [5.41, 5.74) is 0.754. The Morgan fingerprint density at radius 1 is 1.16 bits per heavy atom. The molecule has 2 rings (SSSR count). The fraction of sp³-hybridized carbons (Fsp3) is 0.412. The van der Waals surface area contributed by atoms with E-state index in [1.54, 1.807) is 0 Å². The molecule has 19 heavy (non-hydrogen) atoms. The first-order chi connectivity index (χ1) is 9.10. The zero-order chi connectivity index (χ0) is 13.9. The molecule has 2 aromatic rings. The second kappa shape index (κ2) is 5.72. The standard InChI is InChI=1S/C17H23NO/c1-4-13(2)18-17(3,12-19)16-11-7-9-14-8-5-6-10-15(14)16/h5-11,13,18-19H,4,12H2,1-3H3. The summed E-state index contributed by atoms with van der Waals surface area (Å²) in [5.74, 6) is 0. The summed E-state index contributed by atoms with van der Waals surface area (Å²) in [6.45, 7) is 6.46. The van der Waals surface area contributed by atoms with E-state index in [9.17, 15) is 5.11 Å². The van der Waals surface area contributed by atoms with Gasteiger partial charge in [0.2, 0.25) is 0 Å². The molecule has 0 spiro atoms. The van der Waals surface area contributed by atoms with Gasteiger partial charge in [0.1, 0.15) is 0 Å². The average molecular weight is 257 g/mol. The Labute approximate surface area is 115 Å². The Morgan fingerprint density at radius 3 is 2.53 bits per heavy atom. The molecule has 0 aliphatic heterocycles. The molecule has 0 heterocycles. The number of benzene rings is 2. The first-order valence-corrected chi connectivity index (χ1v) is 6.97. The van der Waals surface area contributed by atoms with Crippen LogP contribution in [0, 0.1) is 0 Å². The van der Waals surface area contributed by atoms with Crippen molar-refractivity contribution < 1.29 is 5.11 Å². The molecule has 0 saturated carbocycles. The molecule has 2 heteroatoms. The van der Waals surface area contributed by atoms with Crippen LogP contribution in [-0.4, -0.2) is 17.8 Å². The van der Waals surface area contributed by atoms with Gasteiger partial charge in [-0.3, -0.25) is 0 Å². The van der Waals surface area contributed by atoms with E-state index in [-0.39, 0.29) is 6.61 Å². The summed E-state index contributed by atoms with van der Waals surface area (Å²) < 4.78 is 0. The van der Waals surface area contributed by atoms with E-state index in [0.29, 0.717) is 6.04 Å². The fourth-order valence-corrected chi connectivity index (χ4v) is 2.56. The zero-order valence-electron chi connectivity index (χ0n) is 12.0. The topological polar surface area (TPSA) is 32.3 Å². The lowest BCUT2D eigenvalue weighted by atomic mass is 9.87. The van der Waals surface area contributed by atoms with Crippen LogP contribution < -0.4 is 5.32 Å². The smallest absolute Gasteiger partial charge is 0.0652 e. The molecule has 2 aromatic carbocycles. The predicted octanol–water partition coefficient (Wildman–Crippen LogP) is 3.44. The van der Waals surface area contributed by atoms with Gasteiger partial charge in [-0.2, -0.15) is 0 Å². The van der Waals surface area contributed by atoms with Gasteiger partial charge in [0.05, 0.1) is 12.1 Å². The lowest BCUT2D eigenvalue weighted by Crippen LogP contribution is -2.47. The van der Waals surface area contributed by atoms with E-state index >= 15 is 0 Å². The van der Waals surface area contributed by atoms with E-state index in [0.717, 1.165) is 12.0 Å². The summed E-state index contributed by atoms with van der Waals surface area (Å²) in [7, 11) is 0. The van der Waals surface area contributed by atoms with Crippen LogP contribution in [0.15, 0.2) is 42.5 Å². The quantitative estimate of drug-likeness (QED) is 0.860. The van der Waals surface area contributed by atoms with E-state index in [1.807, 2.05) is 12.1 Å². The van der Waals surface area contributed by atoms with Crippen molar-refractivity contribution in [3.63, 3.8) is 0 Å². The molecule has 2 atom stereocenters. The minimum Gasteiger partial charge on any atom is -0.394 e. The van der Waals surface area contributed by atoms with E-state index in [1.165, 1.54) is 10.8 Å². The van der Waals surface area contributed by atoms with Crippen molar-refractivity contribution in [2.75, 3.05) is 6.61 Å². The van der Waals surface area contributed by atoms with Crippen molar-refractivity contribution in [1.29, 1.82) is 0 Å². The molecule has 0 radical (unpaired) electrons. The maximum absolute atomic E-state index is 9.88. The van der Waals surface area contributed by atoms with Crippen molar-refractivity contribution >= 4 is 10.8 Å². The molecular formula is C17H23NO. The van der Waals surface area contributed by atoms with Crippen LogP contribution in [-0.2, 0) is 5.54 Å². The van der Waals surface area contributed by atoms with Crippen molar-refractivity contribution in [2.24, 2.45) is 0 Å². The fourth-order valence-electron chi connectivity index (χ4n) is 2.56. The van der Waals surface area contributed by atoms with Crippen LogP contribution in [0.5, 0.6) is 0 Å². The van der Waals surface area contributed by atoms with Crippen molar-refractivity contribution in [2.45, 2.75) is 38.8 Å². The summed E-state index contributed by atoms with van der Waals surface area (Å²) in [5, 5.41) is 15.9. The van der Waals surface area contributed by atoms with Gasteiger partial charge in [-0.25, -0.2) is 0 Å². The van der Waals surface area contributed by atoms with Gasteiger partial charge in [-0.05, 0) is 36.6 Å². The third-order valence-electron chi connectivity index (χ3n) is 3.88. The Balaban J connectivity index is 2.51. The van der Waals surface area contributed by atoms with E-state index in [4.69, 9.17) is 0 Å². The number of hydrogen-bond donors (Lipinski definition) is 2. The van der Waals surface area contributed by atoms with E-state index in [2.05, 4.69) is 56.4 Å². The van der Waals surface area contributed by atoms with Crippen LogP contribution in [0.25, 0.3) is 10.8 Å². The number of aliphatic hydroxyl groups is 1. The van der Waals surface area contributed by atoms with Crippen LogP contribution in [0.1, 0.15) is 32.8 Å². The van der Waals surface area contributed by atoms with Gasteiger partial charge in [0.15, 0.2) is 0 Å². The highest BCUT2D eigenvalue weighted by atomic mass is 16.3. The number of aliphatic hydroxyl groups excluding tert-OH is 1. The Morgan fingerprint density at radius 2 is 1.84 bits per heavy atom. The molecule has 2 N–H and O–H groups in total. The maximum Gasteiger partial charge on any atom is 0.0652 e. The second-order valence-electron chi connectivity index (χ2n) is 5.47. The molecule has 0 bridgehead atoms. The van der Waals surface area contributed by atoms with Gasteiger partial charge in [0.25, 0.3) is 0 Å². The molecule has 0 aliphatic carbocycles. The summed E-state index contributed by atoms with van der Waals surface area (Å²) in [6.07, 6.45) is 1.04. The molecule has 2 unspecified atom stereocenters. The molecule has 0 aromatic heterocycles. The SMILES string of the molecule is CCC(C)NC(C)(CO)c1cccc2ccccc12. The number of nitrogens with one attached hydrogen (secondary N) is 1. The Bertz CT molecular complexity index is 546. The van der Waals surface area contributed by atoms with Crippen LogP contribution >= 0.6 is 0 Å². The molecule has 0 fully saturated rings. The second-order valence-corrected chi connectivity index (χ2v) is 5.47. The van der Waals surface area contributed by atoms with Crippen LogP contribution in [0.4, 0.5) is 0 Å². The summed E-state index contributed by atoms with van der Waals surface area (Å²) >= 11 is 0.